The van der Waals surface area contributed by atoms with Gasteiger partial charge in [0.2, 0.25) is 5.91 Å². The Kier molecular flexibility index (Phi) is 4.22. The summed E-state index contributed by atoms with van der Waals surface area (Å²) in [5, 5.41) is 7.84. The molecule has 1 saturated heterocycles. The predicted octanol–water partition coefficient (Wildman–Crippen LogP) is 0.315. The van der Waals surface area contributed by atoms with Crippen LogP contribution in [0.4, 0.5) is 0 Å². The van der Waals surface area contributed by atoms with Crippen LogP contribution in [0.25, 0.3) is 0 Å². The van der Waals surface area contributed by atoms with E-state index in [4.69, 9.17) is 0 Å². The van der Waals surface area contributed by atoms with Crippen molar-refractivity contribution >= 4 is 5.91 Å². The third-order valence-corrected chi connectivity index (χ3v) is 4.45. The van der Waals surface area contributed by atoms with E-state index in [-0.39, 0.29) is 24.1 Å². The van der Waals surface area contributed by atoms with E-state index in [1.165, 1.54) is 10.9 Å². The number of hydrogen-bond donors (Lipinski definition) is 0. The highest BCUT2D eigenvalue weighted by atomic mass is 16.2. The van der Waals surface area contributed by atoms with Crippen molar-refractivity contribution in [2.75, 3.05) is 13.1 Å². The monoisotopic (exact) mass is 316 g/mol. The minimum Gasteiger partial charge on any atom is -0.341 e. The molecule has 2 aromatic heterocycles. The van der Waals surface area contributed by atoms with Gasteiger partial charge in [-0.2, -0.15) is 0 Å². The molecule has 0 radical (unpaired) electrons. The average Bonchev–Trinajstić information content (AvgIpc) is 3.10. The van der Waals surface area contributed by atoms with Crippen LogP contribution in [0, 0.1) is 13.8 Å². The van der Waals surface area contributed by atoms with Gasteiger partial charge < -0.3 is 4.90 Å². The first kappa shape index (κ1) is 15.4. The topological polar surface area (TPSA) is 85.9 Å². The summed E-state index contributed by atoms with van der Waals surface area (Å²) in [4.78, 5) is 30.5. The highest BCUT2D eigenvalue weighted by Gasteiger charge is 2.24. The lowest BCUT2D eigenvalue weighted by Crippen LogP contribution is -2.42. The molecule has 1 fully saturated rings. The zero-order chi connectivity index (χ0) is 16.4. The molecule has 3 rings (SSSR count). The first-order chi connectivity index (χ1) is 11.1. The second-order valence-electron chi connectivity index (χ2n) is 5.88. The lowest BCUT2D eigenvalue weighted by Gasteiger charge is -2.32. The third-order valence-electron chi connectivity index (χ3n) is 4.45. The molecule has 1 aliphatic rings. The number of carbonyl (C=O) groups is 1. The molecule has 0 bridgehead atoms. The van der Waals surface area contributed by atoms with Crippen molar-refractivity contribution in [1.82, 2.24) is 29.4 Å². The van der Waals surface area contributed by atoms with Gasteiger partial charge >= 0.3 is 0 Å². The van der Waals surface area contributed by atoms with Gasteiger partial charge in [-0.1, -0.05) is 5.21 Å². The van der Waals surface area contributed by atoms with E-state index >= 15 is 0 Å². The molecule has 3 heterocycles. The molecule has 0 aliphatic carbocycles. The zero-order valence-corrected chi connectivity index (χ0v) is 13.3. The maximum atomic E-state index is 12.4. The normalized spacial score (nSPS) is 15.8. The fraction of sp³-hybridized carbons (Fsp3) is 0.533. The fourth-order valence-corrected chi connectivity index (χ4v) is 2.83. The van der Waals surface area contributed by atoms with Gasteiger partial charge in [0.05, 0.1) is 18.6 Å². The molecule has 0 N–H and O–H groups in total. The maximum absolute atomic E-state index is 12.4. The molecule has 1 aliphatic heterocycles. The van der Waals surface area contributed by atoms with E-state index in [0.717, 1.165) is 12.8 Å². The Balaban J connectivity index is 1.62. The summed E-state index contributed by atoms with van der Waals surface area (Å²) < 4.78 is 3.23. The number of aromatic nitrogens is 5. The smallest absolute Gasteiger partial charge is 0.256 e. The predicted molar refractivity (Wildman–Crippen MR) is 82.8 cm³/mol. The number of likely N-dealkylation sites (tertiary alicyclic amines) is 1. The van der Waals surface area contributed by atoms with Crippen LogP contribution in [0.2, 0.25) is 0 Å². The molecular weight excluding hydrogens is 296 g/mol. The van der Waals surface area contributed by atoms with Crippen molar-refractivity contribution in [3.05, 3.63) is 40.3 Å². The van der Waals surface area contributed by atoms with Crippen LogP contribution < -0.4 is 5.56 Å². The molecule has 122 valence electrons. The Labute approximate surface area is 133 Å². The van der Waals surface area contributed by atoms with Gasteiger partial charge in [0, 0.05) is 30.5 Å². The number of hydrogen-bond acceptors (Lipinski definition) is 5. The quantitative estimate of drug-likeness (QED) is 0.814. The fourth-order valence-electron chi connectivity index (χ4n) is 2.83. The summed E-state index contributed by atoms with van der Waals surface area (Å²) >= 11 is 0. The third kappa shape index (κ3) is 3.15. The number of aryl methyl sites for hydroxylation is 1. The van der Waals surface area contributed by atoms with Crippen LogP contribution in [0.5, 0.6) is 0 Å². The Morgan fingerprint density at radius 3 is 2.70 bits per heavy atom. The van der Waals surface area contributed by atoms with Crippen LogP contribution in [-0.4, -0.2) is 48.4 Å². The molecular formula is C15H20N6O2. The molecule has 2 aromatic rings. The largest absolute Gasteiger partial charge is 0.341 e. The van der Waals surface area contributed by atoms with Crippen molar-refractivity contribution < 1.29 is 4.79 Å². The summed E-state index contributed by atoms with van der Waals surface area (Å²) in [7, 11) is 0. The standard InChI is InChI=1S/C15H20N6O2/c1-11-12(2)16-10-20(15(11)23)9-14(22)19-6-3-13(4-7-19)21-8-5-17-18-21/h5,8,10,13H,3-4,6-7,9H2,1-2H3. The molecule has 0 aromatic carbocycles. The van der Waals surface area contributed by atoms with Gasteiger partial charge in [0.15, 0.2) is 0 Å². The number of piperidine rings is 1. The van der Waals surface area contributed by atoms with Gasteiger partial charge in [-0.15, -0.1) is 5.10 Å². The minimum atomic E-state index is -0.150. The Bertz CT molecular complexity index is 744. The molecule has 0 saturated carbocycles. The van der Waals surface area contributed by atoms with Crippen LogP contribution >= 0.6 is 0 Å². The van der Waals surface area contributed by atoms with E-state index in [2.05, 4.69) is 15.3 Å². The first-order valence-corrected chi connectivity index (χ1v) is 7.72. The zero-order valence-electron chi connectivity index (χ0n) is 13.3. The molecule has 0 atom stereocenters. The highest BCUT2D eigenvalue weighted by Crippen LogP contribution is 2.21. The molecule has 1 amide bonds. The van der Waals surface area contributed by atoms with Crippen LogP contribution in [0.15, 0.2) is 23.5 Å². The van der Waals surface area contributed by atoms with E-state index in [9.17, 15) is 9.59 Å². The number of amides is 1. The summed E-state index contributed by atoms with van der Waals surface area (Å²) in [5.41, 5.74) is 1.14. The maximum Gasteiger partial charge on any atom is 0.256 e. The number of carbonyl (C=O) groups excluding carboxylic acids is 1. The lowest BCUT2D eigenvalue weighted by molar-refractivity contribution is -0.133. The SMILES string of the molecule is Cc1ncn(CC(=O)N2CCC(n3ccnn3)CC2)c(=O)c1C. The van der Waals surface area contributed by atoms with Crippen molar-refractivity contribution in [2.24, 2.45) is 0 Å². The van der Waals surface area contributed by atoms with E-state index < -0.39 is 0 Å². The average molecular weight is 316 g/mol. The van der Waals surface area contributed by atoms with Gasteiger partial charge in [-0.25, -0.2) is 9.67 Å². The number of rotatable bonds is 3. The Morgan fingerprint density at radius 2 is 2.04 bits per heavy atom. The Morgan fingerprint density at radius 1 is 1.30 bits per heavy atom. The van der Waals surface area contributed by atoms with E-state index in [0.29, 0.717) is 24.3 Å². The van der Waals surface area contributed by atoms with Gasteiger partial charge in [-0.3, -0.25) is 14.2 Å². The minimum absolute atomic E-state index is 0.0426. The molecule has 8 nitrogen and oxygen atoms in total. The van der Waals surface area contributed by atoms with Crippen LogP contribution in [-0.2, 0) is 11.3 Å². The summed E-state index contributed by atoms with van der Waals surface area (Å²) in [6, 6.07) is 0.285. The van der Waals surface area contributed by atoms with E-state index in [1.807, 2.05) is 10.9 Å². The second kappa shape index (κ2) is 6.31. The van der Waals surface area contributed by atoms with Crippen LogP contribution in [0.3, 0.4) is 0 Å². The van der Waals surface area contributed by atoms with Gasteiger partial charge in [0.1, 0.15) is 6.54 Å². The molecule has 23 heavy (non-hydrogen) atoms. The second-order valence-corrected chi connectivity index (χ2v) is 5.88. The van der Waals surface area contributed by atoms with Crippen molar-refractivity contribution in [3.63, 3.8) is 0 Å². The molecule has 0 unspecified atom stereocenters. The van der Waals surface area contributed by atoms with Crippen molar-refractivity contribution in [3.8, 4) is 0 Å². The summed E-state index contributed by atoms with van der Waals surface area (Å²) in [6.45, 7) is 4.89. The lowest BCUT2D eigenvalue weighted by atomic mass is 10.1. The van der Waals surface area contributed by atoms with Crippen LogP contribution in [0.1, 0.15) is 30.1 Å². The molecule has 8 heteroatoms. The van der Waals surface area contributed by atoms with Gasteiger partial charge in [-0.05, 0) is 26.7 Å². The summed E-state index contributed by atoms with van der Waals surface area (Å²) in [5.74, 6) is -0.0470. The van der Waals surface area contributed by atoms with Crippen molar-refractivity contribution in [1.29, 1.82) is 0 Å². The Hall–Kier alpha value is -2.51. The van der Waals surface area contributed by atoms with E-state index in [1.54, 1.807) is 24.9 Å². The number of nitrogens with zero attached hydrogens (tertiary/aromatic N) is 6. The van der Waals surface area contributed by atoms with Gasteiger partial charge in [0.25, 0.3) is 5.56 Å². The molecule has 0 spiro atoms. The summed E-state index contributed by atoms with van der Waals surface area (Å²) in [6.07, 6.45) is 6.65. The first-order valence-electron chi connectivity index (χ1n) is 7.72. The van der Waals surface area contributed by atoms with Crippen molar-refractivity contribution in [2.45, 2.75) is 39.3 Å². The highest BCUT2D eigenvalue weighted by molar-refractivity contribution is 5.76.